The minimum absolute atomic E-state index is 0.176. The molecule has 0 aromatic heterocycles. The van der Waals surface area contributed by atoms with Gasteiger partial charge in [-0.25, -0.2) is 0 Å². The molecule has 110 valence electrons. The summed E-state index contributed by atoms with van der Waals surface area (Å²) in [6.07, 6.45) is -0.612. The van der Waals surface area contributed by atoms with Crippen molar-refractivity contribution in [3.63, 3.8) is 0 Å². The van der Waals surface area contributed by atoms with Crippen molar-refractivity contribution in [2.75, 3.05) is 19.5 Å². The van der Waals surface area contributed by atoms with Gasteiger partial charge in [-0.05, 0) is 30.3 Å². The van der Waals surface area contributed by atoms with Gasteiger partial charge in [0.25, 0.3) is 5.91 Å². The highest BCUT2D eigenvalue weighted by Crippen LogP contribution is 2.19. The van der Waals surface area contributed by atoms with E-state index in [9.17, 15) is 4.79 Å². The Labute approximate surface area is 125 Å². The van der Waals surface area contributed by atoms with E-state index in [-0.39, 0.29) is 5.91 Å². The van der Waals surface area contributed by atoms with Crippen molar-refractivity contribution in [3.8, 4) is 0 Å². The average molecular weight is 284 g/mol. The maximum atomic E-state index is 12.4. The Balaban J connectivity index is 2.11. The molecule has 0 fully saturated rings. The average Bonchev–Trinajstić information content (AvgIpc) is 2.50. The maximum absolute atomic E-state index is 12.4. The molecule has 21 heavy (non-hydrogen) atoms. The summed E-state index contributed by atoms with van der Waals surface area (Å²) in [5.41, 5.74) is 2.72. The second kappa shape index (κ2) is 7.57. The number of carbonyl (C=O) groups is 1. The summed E-state index contributed by atoms with van der Waals surface area (Å²) in [4.78, 5) is 12.4. The fourth-order valence-corrected chi connectivity index (χ4v) is 2.19. The first-order valence-electron chi connectivity index (χ1n) is 6.86. The normalized spacial score (nSPS) is 11.9. The van der Waals surface area contributed by atoms with Gasteiger partial charge in [0.2, 0.25) is 0 Å². The van der Waals surface area contributed by atoms with E-state index in [0.717, 1.165) is 23.4 Å². The van der Waals surface area contributed by atoms with E-state index in [2.05, 4.69) is 10.6 Å². The third-order valence-corrected chi connectivity index (χ3v) is 3.15. The topological polar surface area (TPSA) is 50.4 Å². The van der Waals surface area contributed by atoms with E-state index < -0.39 is 6.10 Å². The van der Waals surface area contributed by atoms with Crippen molar-refractivity contribution >= 4 is 11.6 Å². The molecule has 4 nitrogen and oxygen atoms in total. The van der Waals surface area contributed by atoms with Crippen molar-refractivity contribution in [1.82, 2.24) is 5.32 Å². The minimum atomic E-state index is -0.612. The van der Waals surface area contributed by atoms with E-state index in [1.165, 1.54) is 7.11 Å². The van der Waals surface area contributed by atoms with Crippen LogP contribution in [0, 0.1) is 0 Å². The molecule has 4 heteroatoms. The summed E-state index contributed by atoms with van der Waals surface area (Å²) >= 11 is 0. The highest BCUT2D eigenvalue weighted by Gasteiger charge is 2.19. The van der Waals surface area contributed by atoms with Crippen molar-refractivity contribution < 1.29 is 9.53 Å². The van der Waals surface area contributed by atoms with Crippen LogP contribution in [-0.4, -0.2) is 20.1 Å². The maximum Gasteiger partial charge on any atom is 0.258 e. The molecular weight excluding hydrogens is 264 g/mol. The lowest BCUT2D eigenvalue weighted by molar-refractivity contribution is -0.126. The third kappa shape index (κ3) is 4.15. The zero-order valence-corrected chi connectivity index (χ0v) is 12.3. The van der Waals surface area contributed by atoms with Gasteiger partial charge < -0.3 is 15.4 Å². The first-order chi connectivity index (χ1) is 10.2. The van der Waals surface area contributed by atoms with Crippen LogP contribution in [0.3, 0.4) is 0 Å². The van der Waals surface area contributed by atoms with Crippen molar-refractivity contribution in [3.05, 3.63) is 65.7 Å². The number of amides is 1. The quantitative estimate of drug-likeness (QED) is 0.857. The number of hydrogen-bond donors (Lipinski definition) is 2. The molecule has 0 aliphatic heterocycles. The fourth-order valence-electron chi connectivity index (χ4n) is 2.19. The standard InChI is InChI=1S/C17H20N2O2/c1-18-12-13-7-6-10-15(11-13)19-17(20)16(21-2)14-8-4-3-5-9-14/h3-11,16,18H,12H2,1-2H3,(H,19,20). The van der Waals surface area contributed by atoms with Gasteiger partial charge in [-0.2, -0.15) is 0 Å². The highest BCUT2D eigenvalue weighted by atomic mass is 16.5. The number of hydrogen-bond acceptors (Lipinski definition) is 3. The number of ether oxygens (including phenoxy) is 1. The van der Waals surface area contributed by atoms with Gasteiger partial charge in [0.05, 0.1) is 0 Å². The Bertz CT molecular complexity index is 584. The fraction of sp³-hybridized carbons (Fsp3) is 0.235. The van der Waals surface area contributed by atoms with Crippen molar-refractivity contribution in [2.24, 2.45) is 0 Å². The van der Waals surface area contributed by atoms with Gasteiger partial charge in [-0.1, -0.05) is 42.5 Å². The van der Waals surface area contributed by atoms with E-state index in [1.807, 2.05) is 61.6 Å². The van der Waals surface area contributed by atoms with Crippen LogP contribution in [0.1, 0.15) is 17.2 Å². The van der Waals surface area contributed by atoms with Gasteiger partial charge in [-0.3, -0.25) is 4.79 Å². The summed E-state index contributed by atoms with van der Waals surface area (Å²) < 4.78 is 5.32. The SMILES string of the molecule is CNCc1cccc(NC(=O)C(OC)c2ccccc2)c1. The van der Waals surface area contributed by atoms with Gasteiger partial charge in [-0.15, -0.1) is 0 Å². The summed E-state index contributed by atoms with van der Waals surface area (Å²) in [6, 6.07) is 17.2. The Morgan fingerprint density at radius 1 is 1.14 bits per heavy atom. The van der Waals surface area contributed by atoms with Gasteiger partial charge in [0.1, 0.15) is 0 Å². The van der Waals surface area contributed by atoms with Crippen LogP contribution in [0.15, 0.2) is 54.6 Å². The first kappa shape index (κ1) is 15.2. The Morgan fingerprint density at radius 3 is 2.57 bits per heavy atom. The summed E-state index contributed by atoms with van der Waals surface area (Å²) in [7, 11) is 3.43. The zero-order chi connectivity index (χ0) is 15.1. The van der Waals surface area contributed by atoms with E-state index >= 15 is 0 Å². The van der Waals surface area contributed by atoms with E-state index in [4.69, 9.17) is 4.74 Å². The number of benzene rings is 2. The predicted molar refractivity (Wildman–Crippen MR) is 84.0 cm³/mol. The Hall–Kier alpha value is -2.17. The summed E-state index contributed by atoms with van der Waals surface area (Å²) in [5.74, 6) is -0.176. The van der Waals surface area contributed by atoms with Crippen LogP contribution >= 0.6 is 0 Å². The first-order valence-corrected chi connectivity index (χ1v) is 6.86. The Kier molecular flexibility index (Phi) is 5.49. The monoisotopic (exact) mass is 284 g/mol. The number of rotatable bonds is 6. The lowest BCUT2D eigenvalue weighted by Gasteiger charge is -2.16. The molecule has 1 unspecified atom stereocenters. The number of methoxy groups -OCH3 is 1. The lowest BCUT2D eigenvalue weighted by atomic mass is 10.1. The smallest absolute Gasteiger partial charge is 0.258 e. The molecular formula is C17H20N2O2. The molecule has 0 saturated heterocycles. The molecule has 0 heterocycles. The third-order valence-electron chi connectivity index (χ3n) is 3.15. The molecule has 0 radical (unpaired) electrons. The van der Waals surface area contributed by atoms with Crippen LogP contribution < -0.4 is 10.6 Å². The molecule has 0 spiro atoms. The molecule has 0 bridgehead atoms. The van der Waals surface area contributed by atoms with Crippen LogP contribution in [0.25, 0.3) is 0 Å². The number of nitrogens with one attached hydrogen (secondary N) is 2. The molecule has 1 atom stereocenters. The predicted octanol–water partition coefficient (Wildman–Crippen LogP) is 2.73. The second-order valence-electron chi connectivity index (χ2n) is 4.75. The molecule has 2 N–H and O–H groups in total. The van der Waals surface area contributed by atoms with Gasteiger partial charge >= 0.3 is 0 Å². The van der Waals surface area contributed by atoms with Crippen LogP contribution in [0.2, 0.25) is 0 Å². The second-order valence-corrected chi connectivity index (χ2v) is 4.75. The van der Waals surface area contributed by atoms with E-state index in [0.29, 0.717) is 0 Å². The van der Waals surface area contributed by atoms with Crippen LogP contribution in [-0.2, 0) is 16.1 Å². The largest absolute Gasteiger partial charge is 0.367 e. The highest BCUT2D eigenvalue weighted by molar-refractivity contribution is 5.94. The molecule has 2 aromatic carbocycles. The molecule has 2 aromatic rings. The Morgan fingerprint density at radius 2 is 1.90 bits per heavy atom. The molecule has 1 amide bonds. The minimum Gasteiger partial charge on any atom is -0.367 e. The van der Waals surface area contributed by atoms with Crippen LogP contribution in [0.5, 0.6) is 0 Å². The molecule has 2 rings (SSSR count). The van der Waals surface area contributed by atoms with E-state index in [1.54, 1.807) is 0 Å². The molecule has 0 aliphatic rings. The molecule has 0 saturated carbocycles. The number of carbonyl (C=O) groups excluding carboxylic acids is 1. The van der Waals surface area contributed by atoms with Crippen LogP contribution in [0.4, 0.5) is 5.69 Å². The summed E-state index contributed by atoms with van der Waals surface area (Å²) in [5, 5.41) is 5.99. The lowest BCUT2D eigenvalue weighted by Crippen LogP contribution is -2.22. The molecule has 0 aliphatic carbocycles. The van der Waals surface area contributed by atoms with Crippen molar-refractivity contribution in [2.45, 2.75) is 12.6 Å². The van der Waals surface area contributed by atoms with Crippen molar-refractivity contribution in [1.29, 1.82) is 0 Å². The zero-order valence-electron chi connectivity index (χ0n) is 12.3. The van der Waals surface area contributed by atoms with Gasteiger partial charge in [0, 0.05) is 19.3 Å². The summed E-state index contributed by atoms with van der Waals surface area (Å²) in [6.45, 7) is 0.760. The van der Waals surface area contributed by atoms with Gasteiger partial charge in [0.15, 0.2) is 6.10 Å². The number of anilines is 1.